The highest BCUT2D eigenvalue weighted by Gasteiger charge is 2.12. The SMILES string of the molecule is O=C(C=Cc1ccc(OCCCCCCCCCCCOC(=O)c2ccc([N+](=O)[O-])cc2)cc1)c1ccc(OCCCCCCCCCCCOC(=O)c2ccc([N+](=O)[O-])cc2)cc1. The summed E-state index contributed by atoms with van der Waals surface area (Å²) in [5.41, 5.74) is 2.05. The number of rotatable bonds is 33. The maximum Gasteiger partial charge on any atom is 0.338 e. The van der Waals surface area contributed by atoms with Crippen LogP contribution in [0.3, 0.4) is 0 Å². The summed E-state index contributed by atoms with van der Waals surface area (Å²) in [6.07, 6.45) is 22.7. The van der Waals surface area contributed by atoms with Gasteiger partial charge in [-0.2, -0.15) is 0 Å². The van der Waals surface area contributed by atoms with Crippen molar-refractivity contribution in [3.05, 3.63) is 146 Å². The molecule has 0 bridgehead atoms. The van der Waals surface area contributed by atoms with Crippen LogP contribution in [0.15, 0.2) is 103 Å². The summed E-state index contributed by atoms with van der Waals surface area (Å²) in [5.74, 6) is 0.576. The lowest BCUT2D eigenvalue weighted by atomic mass is 10.1. The molecule has 0 radical (unpaired) electrons. The molecule has 342 valence electrons. The minimum Gasteiger partial charge on any atom is -0.494 e. The van der Waals surface area contributed by atoms with Gasteiger partial charge >= 0.3 is 11.9 Å². The van der Waals surface area contributed by atoms with Crippen LogP contribution in [0.5, 0.6) is 11.5 Å². The number of benzene rings is 4. The van der Waals surface area contributed by atoms with E-state index in [1.807, 2.05) is 42.5 Å². The van der Waals surface area contributed by atoms with E-state index < -0.39 is 21.8 Å². The van der Waals surface area contributed by atoms with E-state index in [0.29, 0.717) is 43.1 Å². The number of unbranched alkanes of at least 4 members (excludes halogenated alkanes) is 16. The molecular weight excluding hydrogens is 817 g/mol. The summed E-state index contributed by atoms with van der Waals surface area (Å²) in [6.45, 7) is 1.99. The third-order valence-electron chi connectivity index (χ3n) is 10.7. The molecule has 0 amide bonds. The van der Waals surface area contributed by atoms with E-state index in [1.165, 1.54) is 74.2 Å². The molecule has 0 N–H and O–H groups in total. The number of allylic oxidation sites excluding steroid dienone is 1. The molecule has 64 heavy (non-hydrogen) atoms. The van der Waals surface area contributed by atoms with Crippen molar-refractivity contribution >= 4 is 35.2 Å². The van der Waals surface area contributed by atoms with Crippen molar-refractivity contribution in [3.8, 4) is 11.5 Å². The number of ketones is 1. The van der Waals surface area contributed by atoms with Crippen LogP contribution in [0.1, 0.15) is 152 Å². The summed E-state index contributed by atoms with van der Waals surface area (Å²) in [7, 11) is 0. The first-order valence-corrected chi connectivity index (χ1v) is 22.7. The van der Waals surface area contributed by atoms with Gasteiger partial charge in [-0.1, -0.05) is 108 Å². The molecule has 0 heterocycles. The second-order valence-corrected chi connectivity index (χ2v) is 15.7. The monoisotopic (exact) mass is 878 g/mol. The van der Waals surface area contributed by atoms with Crippen molar-refractivity contribution in [3.63, 3.8) is 0 Å². The Morgan fingerprint density at radius 2 is 0.719 bits per heavy atom. The predicted octanol–water partition coefficient (Wildman–Crippen LogP) is 12.9. The smallest absolute Gasteiger partial charge is 0.338 e. The zero-order chi connectivity index (χ0) is 45.6. The molecule has 4 rings (SSSR count). The van der Waals surface area contributed by atoms with E-state index in [4.69, 9.17) is 18.9 Å². The van der Waals surface area contributed by atoms with E-state index in [-0.39, 0.29) is 17.2 Å². The van der Waals surface area contributed by atoms with Crippen LogP contribution in [-0.2, 0) is 9.47 Å². The Morgan fingerprint density at radius 3 is 1.08 bits per heavy atom. The standard InChI is InChI=1S/C51H62N2O11/c54-49(42-26-34-48(35-27-42)62-38-16-12-8-4-2-6-10-14-18-40-64-51(56)44-24-30-46(31-25-44)53(59)60)36-21-41-19-32-47(33-20-41)61-37-15-11-7-3-1-5-9-13-17-39-63-50(55)43-22-28-45(29-23-43)52(57)58/h19-36H,1-18,37-40H2. The Labute approximate surface area is 376 Å². The van der Waals surface area contributed by atoms with E-state index in [9.17, 15) is 34.6 Å². The maximum atomic E-state index is 12.8. The minimum absolute atomic E-state index is 0.0549. The molecule has 4 aromatic rings. The van der Waals surface area contributed by atoms with Gasteiger partial charge in [0.25, 0.3) is 11.4 Å². The molecule has 0 saturated carbocycles. The van der Waals surface area contributed by atoms with E-state index in [2.05, 4.69) is 0 Å². The van der Waals surface area contributed by atoms with Crippen molar-refractivity contribution in [1.82, 2.24) is 0 Å². The number of esters is 2. The molecular formula is C51H62N2O11. The van der Waals surface area contributed by atoms with Crippen molar-refractivity contribution in [1.29, 1.82) is 0 Å². The molecule has 0 aliphatic rings. The molecule has 0 aliphatic heterocycles. The molecule has 0 aliphatic carbocycles. The van der Waals surface area contributed by atoms with Crippen molar-refractivity contribution in [2.24, 2.45) is 0 Å². The summed E-state index contributed by atoms with van der Waals surface area (Å²) in [4.78, 5) is 57.4. The van der Waals surface area contributed by atoms with Gasteiger partial charge in [0.2, 0.25) is 0 Å². The largest absolute Gasteiger partial charge is 0.494 e. The molecule has 13 heteroatoms. The fourth-order valence-corrected chi connectivity index (χ4v) is 6.86. The van der Waals surface area contributed by atoms with Gasteiger partial charge in [0.05, 0.1) is 47.4 Å². The van der Waals surface area contributed by atoms with Gasteiger partial charge in [-0.05, 0) is 98.0 Å². The Hall–Kier alpha value is -6.37. The molecule has 0 unspecified atom stereocenters. The van der Waals surface area contributed by atoms with Gasteiger partial charge < -0.3 is 18.9 Å². The van der Waals surface area contributed by atoms with Gasteiger partial charge in [-0.15, -0.1) is 0 Å². The Morgan fingerprint density at radius 1 is 0.406 bits per heavy atom. The number of nitro benzene ring substituents is 2. The molecule has 13 nitrogen and oxygen atoms in total. The van der Waals surface area contributed by atoms with Crippen molar-refractivity contribution in [2.45, 2.75) is 116 Å². The van der Waals surface area contributed by atoms with Crippen LogP contribution >= 0.6 is 0 Å². The average molecular weight is 879 g/mol. The van der Waals surface area contributed by atoms with Gasteiger partial charge in [-0.3, -0.25) is 25.0 Å². The van der Waals surface area contributed by atoms with Crippen LogP contribution in [0.2, 0.25) is 0 Å². The number of carbonyl (C=O) groups excluding carboxylic acids is 3. The number of carbonyl (C=O) groups is 3. The highest BCUT2D eigenvalue weighted by molar-refractivity contribution is 6.06. The molecule has 0 spiro atoms. The predicted molar refractivity (Wildman–Crippen MR) is 247 cm³/mol. The molecule has 0 atom stereocenters. The summed E-state index contributed by atoms with van der Waals surface area (Å²) in [5, 5.41) is 21.5. The molecule has 0 aromatic heterocycles. The van der Waals surface area contributed by atoms with E-state index >= 15 is 0 Å². The lowest BCUT2D eigenvalue weighted by Crippen LogP contribution is -2.06. The number of nitro groups is 2. The summed E-state index contributed by atoms with van der Waals surface area (Å²) in [6, 6.07) is 25.9. The topological polar surface area (TPSA) is 174 Å². The molecule has 0 fully saturated rings. The van der Waals surface area contributed by atoms with Crippen LogP contribution in [0.25, 0.3) is 6.08 Å². The highest BCUT2D eigenvalue weighted by atomic mass is 16.6. The first-order valence-electron chi connectivity index (χ1n) is 22.7. The Kier molecular flexibility index (Phi) is 23.4. The van der Waals surface area contributed by atoms with Gasteiger partial charge in [0.1, 0.15) is 11.5 Å². The Bertz CT molecular complexity index is 2030. The molecule has 0 saturated heterocycles. The number of ether oxygens (including phenoxy) is 4. The van der Waals surface area contributed by atoms with Gasteiger partial charge in [-0.25, -0.2) is 9.59 Å². The molecule has 4 aromatic carbocycles. The Balaban J connectivity index is 0.923. The van der Waals surface area contributed by atoms with E-state index in [1.54, 1.807) is 18.2 Å². The van der Waals surface area contributed by atoms with E-state index in [0.717, 1.165) is 107 Å². The number of hydrogen-bond donors (Lipinski definition) is 0. The zero-order valence-electron chi connectivity index (χ0n) is 36.8. The van der Waals surface area contributed by atoms with Gasteiger partial charge in [0, 0.05) is 29.8 Å². The minimum atomic E-state index is -0.501. The zero-order valence-corrected chi connectivity index (χ0v) is 36.8. The second-order valence-electron chi connectivity index (χ2n) is 15.7. The quantitative estimate of drug-likeness (QED) is 0.0111. The maximum absolute atomic E-state index is 12.8. The van der Waals surface area contributed by atoms with Gasteiger partial charge in [0.15, 0.2) is 5.78 Å². The summed E-state index contributed by atoms with van der Waals surface area (Å²) < 4.78 is 22.4. The third-order valence-corrected chi connectivity index (χ3v) is 10.7. The lowest BCUT2D eigenvalue weighted by Gasteiger charge is -2.07. The van der Waals surface area contributed by atoms with Crippen LogP contribution in [-0.4, -0.2) is 54.0 Å². The average Bonchev–Trinajstić information content (AvgIpc) is 3.31. The van der Waals surface area contributed by atoms with Crippen molar-refractivity contribution < 1.29 is 43.2 Å². The number of non-ortho nitro benzene ring substituents is 2. The highest BCUT2D eigenvalue weighted by Crippen LogP contribution is 2.19. The fourth-order valence-electron chi connectivity index (χ4n) is 6.86. The first-order chi connectivity index (χ1) is 31.2. The normalized spacial score (nSPS) is 11.0. The fraction of sp³-hybridized carbons (Fsp3) is 0.431. The third kappa shape index (κ3) is 20.2. The van der Waals surface area contributed by atoms with Crippen LogP contribution in [0.4, 0.5) is 11.4 Å². The lowest BCUT2D eigenvalue weighted by molar-refractivity contribution is -0.385. The van der Waals surface area contributed by atoms with Crippen LogP contribution < -0.4 is 9.47 Å². The van der Waals surface area contributed by atoms with Crippen LogP contribution in [0, 0.1) is 20.2 Å². The number of hydrogen-bond acceptors (Lipinski definition) is 11. The van der Waals surface area contributed by atoms with Crippen molar-refractivity contribution in [2.75, 3.05) is 26.4 Å². The summed E-state index contributed by atoms with van der Waals surface area (Å²) >= 11 is 0. The first kappa shape index (κ1) is 50.3. The second kappa shape index (κ2) is 29.8. The number of nitrogens with zero attached hydrogens (tertiary/aromatic N) is 2.